The lowest BCUT2D eigenvalue weighted by Crippen LogP contribution is -2.50. The summed E-state index contributed by atoms with van der Waals surface area (Å²) in [4.78, 5) is 0. The van der Waals surface area contributed by atoms with Crippen LogP contribution < -0.4 is 0 Å². The van der Waals surface area contributed by atoms with Gasteiger partial charge in [0.15, 0.2) is 0 Å². The topological polar surface area (TPSA) is 27.7 Å². The Kier molecular flexibility index (Phi) is 4.08. The van der Waals surface area contributed by atoms with E-state index < -0.39 is 8.80 Å². The highest BCUT2D eigenvalue weighted by molar-refractivity contribution is 6.62. The maximum atomic E-state index is 5.68. The smallest absolute Gasteiger partial charge is 0.377 e. The van der Waals surface area contributed by atoms with Gasteiger partial charge in [-0.1, -0.05) is 19.1 Å². The standard InChI is InChI=1S/C13H24O3Si/c1-5-13(17(14-2,15-3)16-4)12-9-10-6-7-11(12)8-10/h6-7,10-13H,5,8-9H2,1-4H3. The minimum absolute atomic E-state index is 0.433. The van der Waals surface area contributed by atoms with Crippen LogP contribution in [0.3, 0.4) is 0 Å². The van der Waals surface area contributed by atoms with E-state index in [9.17, 15) is 0 Å². The number of rotatable bonds is 6. The molecule has 98 valence electrons. The Bertz CT molecular complexity index is 280. The van der Waals surface area contributed by atoms with Gasteiger partial charge < -0.3 is 13.3 Å². The predicted octanol–water partition coefficient (Wildman–Crippen LogP) is 2.86. The first-order chi connectivity index (χ1) is 8.20. The van der Waals surface area contributed by atoms with Crippen molar-refractivity contribution in [1.29, 1.82) is 0 Å². The molecule has 0 saturated heterocycles. The highest BCUT2D eigenvalue weighted by Crippen LogP contribution is 2.52. The Hall–Kier alpha value is -0.163. The van der Waals surface area contributed by atoms with Crippen molar-refractivity contribution < 1.29 is 13.3 Å². The Balaban J connectivity index is 2.18. The van der Waals surface area contributed by atoms with Crippen molar-refractivity contribution in [2.24, 2.45) is 17.8 Å². The third-order valence-corrected chi connectivity index (χ3v) is 8.05. The lowest BCUT2D eigenvalue weighted by molar-refractivity contribution is 0.0968. The molecule has 4 heteroatoms. The average molecular weight is 256 g/mol. The quantitative estimate of drug-likeness (QED) is 0.540. The van der Waals surface area contributed by atoms with Gasteiger partial charge in [-0.05, 0) is 37.0 Å². The summed E-state index contributed by atoms with van der Waals surface area (Å²) in [5, 5.41) is 0. The Morgan fingerprint density at radius 2 is 1.76 bits per heavy atom. The van der Waals surface area contributed by atoms with Crippen LogP contribution in [0.2, 0.25) is 5.54 Å². The number of hydrogen-bond acceptors (Lipinski definition) is 3. The lowest BCUT2D eigenvalue weighted by Gasteiger charge is -2.37. The summed E-state index contributed by atoms with van der Waals surface area (Å²) in [6.07, 6.45) is 8.45. The van der Waals surface area contributed by atoms with Gasteiger partial charge in [-0.2, -0.15) is 0 Å². The maximum Gasteiger partial charge on any atom is 0.503 e. The molecule has 2 rings (SSSR count). The van der Waals surface area contributed by atoms with Crippen molar-refractivity contribution in [3.8, 4) is 0 Å². The predicted molar refractivity (Wildman–Crippen MR) is 69.7 cm³/mol. The fraction of sp³-hybridized carbons (Fsp3) is 0.846. The summed E-state index contributed by atoms with van der Waals surface area (Å²) in [5.41, 5.74) is 0.433. The Morgan fingerprint density at radius 3 is 2.12 bits per heavy atom. The second-order valence-corrected chi connectivity index (χ2v) is 8.35. The zero-order valence-electron chi connectivity index (χ0n) is 11.3. The van der Waals surface area contributed by atoms with E-state index >= 15 is 0 Å². The molecule has 4 atom stereocenters. The van der Waals surface area contributed by atoms with Crippen LogP contribution >= 0.6 is 0 Å². The van der Waals surface area contributed by atoms with Crippen LogP contribution in [0.15, 0.2) is 12.2 Å². The highest BCUT2D eigenvalue weighted by atomic mass is 28.4. The van der Waals surface area contributed by atoms with Crippen molar-refractivity contribution in [1.82, 2.24) is 0 Å². The summed E-state index contributed by atoms with van der Waals surface area (Å²) in [6, 6.07) is 0. The fourth-order valence-corrected chi connectivity index (χ4v) is 6.62. The molecule has 17 heavy (non-hydrogen) atoms. The van der Waals surface area contributed by atoms with Gasteiger partial charge in [0.25, 0.3) is 0 Å². The van der Waals surface area contributed by atoms with Crippen LogP contribution in [0.1, 0.15) is 26.2 Å². The molecule has 1 saturated carbocycles. The number of allylic oxidation sites excluding steroid dienone is 2. The van der Waals surface area contributed by atoms with Crippen molar-refractivity contribution in [2.45, 2.75) is 31.7 Å². The van der Waals surface area contributed by atoms with Crippen LogP contribution in [0, 0.1) is 17.8 Å². The molecule has 0 heterocycles. The van der Waals surface area contributed by atoms with E-state index in [2.05, 4.69) is 19.1 Å². The molecular weight excluding hydrogens is 232 g/mol. The van der Waals surface area contributed by atoms with Gasteiger partial charge in [0.2, 0.25) is 0 Å². The molecule has 0 aromatic rings. The van der Waals surface area contributed by atoms with Gasteiger partial charge >= 0.3 is 8.80 Å². The molecule has 0 aromatic carbocycles. The molecule has 3 nitrogen and oxygen atoms in total. The third kappa shape index (κ3) is 2.12. The fourth-order valence-electron chi connectivity index (χ4n) is 3.80. The summed E-state index contributed by atoms with van der Waals surface area (Å²) >= 11 is 0. The van der Waals surface area contributed by atoms with Gasteiger partial charge in [-0.15, -0.1) is 0 Å². The molecule has 0 N–H and O–H groups in total. The normalized spacial score (nSPS) is 33.3. The van der Waals surface area contributed by atoms with Gasteiger partial charge in [0, 0.05) is 26.9 Å². The molecule has 1 fully saturated rings. The van der Waals surface area contributed by atoms with E-state index in [-0.39, 0.29) is 0 Å². The van der Waals surface area contributed by atoms with E-state index in [1.165, 1.54) is 12.8 Å². The highest BCUT2D eigenvalue weighted by Gasteiger charge is 2.54. The average Bonchev–Trinajstić information content (AvgIpc) is 2.98. The third-order valence-electron chi connectivity index (χ3n) is 4.59. The van der Waals surface area contributed by atoms with Gasteiger partial charge in [-0.25, -0.2) is 0 Å². The van der Waals surface area contributed by atoms with Crippen LogP contribution in [0.25, 0.3) is 0 Å². The monoisotopic (exact) mass is 256 g/mol. The summed E-state index contributed by atoms with van der Waals surface area (Å²) in [5.74, 6) is 2.19. The zero-order chi connectivity index (χ0) is 12.5. The molecule has 2 aliphatic rings. The second kappa shape index (κ2) is 5.22. The van der Waals surface area contributed by atoms with Crippen molar-refractivity contribution in [3.63, 3.8) is 0 Å². The zero-order valence-corrected chi connectivity index (χ0v) is 12.3. The van der Waals surface area contributed by atoms with E-state index in [4.69, 9.17) is 13.3 Å². The number of fused-ring (bicyclic) bond motifs is 2. The van der Waals surface area contributed by atoms with Crippen LogP contribution in [-0.2, 0) is 13.3 Å². The SMILES string of the molecule is CCC(C1CC2C=CC1C2)[Si](OC)(OC)OC. The molecule has 0 amide bonds. The first-order valence-corrected chi connectivity index (χ1v) is 8.34. The van der Waals surface area contributed by atoms with Crippen molar-refractivity contribution in [2.75, 3.05) is 21.3 Å². The molecular formula is C13H24O3Si. The van der Waals surface area contributed by atoms with Crippen LogP contribution in [0.4, 0.5) is 0 Å². The molecule has 2 aliphatic carbocycles. The minimum Gasteiger partial charge on any atom is -0.377 e. The lowest BCUT2D eigenvalue weighted by atomic mass is 9.89. The van der Waals surface area contributed by atoms with Crippen molar-refractivity contribution >= 4 is 8.80 Å². The molecule has 0 aliphatic heterocycles. The molecule has 0 radical (unpaired) electrons. The Morgan fingerprint density at radius 1 is 1.12 bits per heavy atom. The van der Waals surface area contributed by atoms with Gasteiger partial charge in [0.1, 0.15) is 0 Å². The molecule has 0 aromatic heterocycles. The van der Waals surface area contributed by atoms with Gasteiger partial charge in [-0.3, -0.25) is 0 Å². The van der Waals surface area contributed by atoms with E-state index in [0.717, 1.165) is 18.3 Å². The largest absolute Gasteiger partial charge is 0.503 e. The molecule has 2 bridgehead atoms. The van der Waals surface area contributed by atoms with Crippen LogP contribution in [0.5, 0.6) is 0 Å². The van der Waals surface area contributed by atoms with Crippen molar-refractivity contribution in [3.05, 3.63) is 12.2 Å². The Labute approximate surface area is 106 Å². The van der Waals surface area contributed by atoms with Gasteiger partial charge in [0.05, 0.1) is 0 Å². The molecule has 0 spiro atoms. The molecule has 4 unspecified atom stereocenters. The maximum absolute atomic E-state index is 5.68. The first-order valence-electron chi connectivity index (χ1n) is 6.54. The number of hydrogen-bond donors (Lipinski definition) is 0. The first kappa shape index (κ1) is 13.3. The second-order valence-electron chi connectivity index (χ2n) is 5.17. The summed E-state index contributed by atoms with van der Waals surface area (Å²) in [7, 11) is 2.70. The van der Waals surface area contributed by atoms with Crippen LogP contribution in [-0.4, -0.2) is 30.1 Å². The summed E-state index contributed by atoms with van der Waals surface area (Å²) in [6.45, 7) is 2.22. The minimum atomic E-state index is -2.48. The summed E-state index contributed by atoms with van der Waals surface area (Å²) < 4.78 is 17.0. The van der Waals surface area contributed by atoms with E-state index in [1.54, 1.807) is 21.3 Å². The van der Waals surface area contributed by atoms with E-state index in [0.29, 0.717) is 11.5 Å². The van der Waals surface area contributed by atoms with E-state index in [1.807, 2.05) is 0 Å².